The van der Waals surface area contributed by atoms with Crippen LogP contribution in [0.15, 0.2) is 48.5 Å². The number of nitrogens with zero attached hydrogens (tertiary/aromatic N) is 2. The highest BCUT2D eigenvalue weighted by atomic mass is 19.1. The summed E-state index contributed by atoms with van der Waals surface area (Å²) in [4.78, 5) is 16.8. The minimum Gasteiger partial charge on any atom is -0.387 e. The maximum atomic E-state index is 13.2. The van der Waals surface area contributed by atoms with Gasteiger partial charge in [0.05, 0.1) is 6.10 Å². The molecule has 1 saturated carbocycles. The molecule has 5 heteroatoms. The fourth-order valence-electron chi connectivity index (χ4n) is 4.76. The molecule has 0 bridgehead atoms. The maximum absolute atomic E-state index is 13.2. The van der Waals surface area contributed by atoms with Gasteiger partial charge in [-0.1, -0.05) is 30.3 Å². The van der Waals surface area contributed by atoms with Crippen LogP contribution in [0.1, 0.15) is 48.5 Å². The number of hydrogen-bond acceptors (Lipinski definition) is 3. The molecule has 4 nitrogen and oxygen atoms in total. The van der Waals surface area contributed by atoms with Crippen molar-refractivity contribution in [3.05, 3.63) is 71.0 Å². The van der Waals surface area contributed by atoms with Gasteiger partial charge >= 0.3 is 0 Å². The standard InChI is InChI=1S/C26H29FN2O2/c27-23-8-5-18(6-9-23)19-11-14-28(15-12-19)17-25(30)22-7-10-24-21(16-22)2-1-13-29(24)26(31)20-3-4-20/h5-11,16,20,25,30H,1-4,12-15,17H2/t25-/m1/s1. The highest BCUT2D eigenvalue weighted by Crippen LogP contribution is 2.36. The van der Waals surface area contributed by atoms with Gasteiger partial charge in [-0.05, 0) is 72.6 Å². The highest BCUT2D eigenvalue weighted by molar-refractivity contribution is 5.97. The average molecular weight is 421 g/mol. The summed E-state index contributed by atoms with van der Waals surface area (Å²) in [6.45, 7) is 3.03. The van der Waals surface area contributed by atoms with Crippen molar-refractivity contribution in [1.29, 1.82) is 0 Å². The van der Waals surface area contributed by atoms with Crippen LogP contribution in [0.2, 0.25) is 0 Å². The molecule has 31 heavy (non-hydrogen) atoms. The topological polar surface area (TPSA) is 43.8 Å². The van der Waals surface area contributed by atoms with Gasteiger partial charge < -0.3 is 10.0 Å². The van der Waals surface area contributed by atoms with E-state index in [-0.39, 0.29) is 17.6 Å². The van der Waals surface area contributed by atoms with E-state index in [4.69, 9.17) is 0 Å². The van der Waals surface area contributed by atoms with Crippen molar-refractivity contribution in [3.8, 4) is 0 Å². The molecule has 1 atom stereocenters. The van der Waals surface area contributed by atoms with Crippen molar-refractivity contribution in [2.75, 3.05) is 31.1 Å². The van der Waals surface area contributed by atoms with Crippen LogP contribution in [-0.2, 0) is 11.2 Å². The SMILES string of the molecule is O=C(C1CC1)N1CCCc2cc([C@H](O)CN3CC=C(c4ccc(F)cc4)CC3)ccc21. The Morgan fingerprint density at radius 3 is 2.61 bits per heavy atom. The largest absolute Gasteiger partial charge is 0.387 e. The van der Waals surface area contributed by atoms with Crippen molar-refractivity contribution in [2.45, 2.75) is 38.2 Å². The Bertz CT molecular complexity index is 997. The molecule has 0 saturated heterocycles. The number of hydrogen-bond donors (Lipinski definition) is 1. The van der Waals surface area contributed by atoms with Crippen LogP contribution in [0.4, 0.5) is 10.1 Å². The van der Waals surface area contributed by atoms with E-state index >= 15 is 0 Å². The van der Waals surface area contributed by atoms with Gasteiger partial charge in [-0.25, -0.2) is 4.39 Å². The first kappa shape index (κ1) is 20.4. The maximum Gasteiger partial charge on any atom is 0.230 e. The zero-order valence-electron chi connectivity index (χ0n) is 17.8. The van der Waals surface area contributed by atoms with Crippen molar-refractivity contribution in [2.24, 2.45) is 5.92 Å². The molecule has 0 spiro atoms. The van der Waals surface area contributed by atoms with E-state index in [9.17, 15) is 14.3 Å². The van der Waals surface area contributed by atoms with Gasteiger partial charge in [0.15, 0.2) is 0 Å². The highest BCUT2D eigenvalue weighted by Gasteiger charge is 2.35. The molecule has 5 rings (SSSR count). The molecule has 1 N–H and O–H groups in total. The number of anilines is 1. The normalized spacial score (nSPS) is 20.2. The zero-order valence-corrected chi connectivity index (χ0v) is 17.8. The molecule has 1 aliphatic carbocycles. The molecule has 1 amide bonds. The van der Waals surface area contributed by atoms with Gasteiger partial charge in [-0.3, -0.25) is 9.69 Å². The fraction of sp³-hybridized carbons (Fsp3) is 0.423. The molecule has 0 radical (unpaired) electrons. The number of carbonyl (C=O) groups excluding carboxylic acids is 1. The second kappa shape index (κ2) is 8.56. The summed E-state index contributed by atoms with van der Waals surface area (Å²) in [6, 6.07) is 12.8. The Balaban J connectivity index is 1.23. The Kier molecular flexibility index (Phi) is 5.63. The van der Waals surface area contributed by atoms with Crippen LogP contribution >= 0.6 is 0 Å². The third-order valence-corrected chi connectivity index (χ3v) is 6.74. The molecule has 2 aromatic carbocycles. The molecule has 0 aromatic heterocycles. The van der Waals surface area contributed by atoms with Crippen molar-refractivity contribution < 1.29 is 14.3 Å². The lowest BCUT2D eigenvalue weighted by molar-refractivity contribution is -0.119. The molecule has 162 valence electrons. The van der Waals surface area contributed by atoms with E-state index in [0.29, 0.717) is 6.54 Å². The first-order valence-corrected chi connectivity index (χ1v) is 11.4. The lowest BCUT2D eigenvalue weighted by atomic mass is 9.96. The Labute approximate surface area is 183 Å². The second-order valence-electron chi connectivity index (χ2n) is 9.02. The van der Waals surface area contributed by atoms with E-state index in [0.717, 1.165) is 68.6 Å². The van der Waals surface area contributed by atoms with Gasteiger partial charge in [0.2, 0.25) is 5.91 Å². The van der Waals surface area contributed by atoms with Crippen LogP contribution < -0.4 is 4.90 Å². The average Bonchev–Trinajstić information content (AvgIpc) is 3.64. The summed E-state index contributed by atoms with van der Waals surface area (Å²) in [5.41, 5.74) is 5.44. The fourth-order valence-corrected chi connectivity index (χ4v) is 4.76. The Hall–Kier alpha value is -2.50. The van der Waals surface area contributed by atoms with E-state index < -0.39 is 6.10 Å². The number of β-amino-alcohol motifs (C(OH)–C–C–N with tert-alkyl or cyclic N) is 1. The second-order valence-corrected chi connectivity index (χ2v) is 9.02. The number of carbonyl (C=O) groups is 1. The molecule has 0 unspecified atom stereocenters. The molecular formula is C26H29FN2O2. The van der Waals surface area contributed by atoms with Gasteiger partial charge in [0.25, 0.3) is 0 Å². The van der Waals surface area contributed by atoms with Crippen LogP contribution in [0.25, 0.3) is 5.57 Å². The number of rotatable bonds is 5. The van der Waals surface area contributed by atoms with Gasteiger partial charge in [-0.15, -0.1) is 0 Å². The summed E-state index contributed by atoms with van der Waals surface area (Å²) in [6.07, 6.45) is 6.49. The Morgan fingerprint density at radius 1 is 1.10 bits per heavy atom. The third kappa shape index (κ3) is 4.43. The molecule has 2 aliphatic heterocycles. The molecule has 1 fully saturated rings. The van der Waals surface area contributed by atoms with Gasteiger partial charge in [0.1, 0.15) is 5.82 Å². The van der Waals surface area contributed by atoms with E-state index in [1.54, 1.807) is 0 Å². The van der Waals surface area contributed by atoms with E-state index in [1.165, 1.54) is 23.3 Å². The predicted molar refractivity (Wildman–Crippen MR) is 120 cm³/mol. The predicted octanol–water partition coefficient (Wildman–Crippen LogP) is 4.34. The lowest BCUT2D eigenvalue weighted by Crippen LogP contribution is -2.36. The monoisotopic (exact) mass is 420 g/mol. The number of aryl methyl sites for hydroxylation is 1. The number of benzene rings is 2. The Morgan fingerprint density at radius 2 is 1.90 bits per heavy atom. The molecule has 3 aliphatic rings. The van der Waals surface area contributed by atoms with E-state index in [1.807, 2.05) is 29.2 Å². The first-order chi connectivity index (χ1) is 15.1. The minimum atomic E-state index is -0.555. The summed E-state index contributed by atoms with van der Waals surface area (Å²) < 4.78 is 13.2. The van der Waals surface area contributed by atoms with Crippen molar-refractivity contribution in [1.82, 2.24) is 4.90 Å². The molecule has 2 heterocycles. The van der Waals surface area contributed by atoms with Crippen molar-refractivity contribution >= 4 is 17.2 Å². The van der Waals surface area contributed by atoms with Crippen molar-refractivity contribution in [3.63, 3.8) is 0 Å². The zero-order chi connectivity index (χ0) is 21.4. The summed E-state index contributed by atoms with van der Waals surface area (Å²) in [5.74, 6) is 0.282. The minimum absolute atomic E-state index is 0.213. The number of fused-ring (bicyclic) bond motifs is 1. The van der Waals surface area contributed by atoms with Crippen LogP contribution in [-0.4, -0.2) is 42.1 Å². The number of aliphatic hydroxyl groups excluding tert-OH is 1. The third-order valence-electron chi connectivity index (χ3n) is 6.74. The number of amides is 1. The quantitative estimate of drug-likeness (QED) is 0.783. The number of halogens is 1. The van der Waals surface area contributed by atoms with E-state index in [2.05, 4.69) is 17.0 Å². The first-order valence-electron chi connectivity index (χ1n) is 11.4. The summed E-state index contributed by atoms with van der Waals surface area (Å²) in [7, 11) is 0. The lowest BCUT2D eigenvalue weighted by Gasteiger charge is -2.31. The van der Waals surface area contributed by atoms with Gasteiger partial charge in [-0.2, -0.15) is 0 Å². The van der Waals surface area contributed by atoms with Crippen LogP contribution in [0, 0.1) is 11.7 Å². The smallest absolute Gasteiger partial charge is 0.230 e. The van der Waals surface area contributed by atoms with Crippen LogP contribution in [0.5, 0.6) is 0 Å². The molecule has 2 aromatic rings. The molecular weight excluding hydrogens is 391 g/mol. The van der Waals surface area contributed by atoms with Crippen LogP contribution in [0.3, 0.4) is 0 Å². The summed E-state index contributed by atoms with van der Waals surface area (Å²) in [5, 5.41) is 10.9. The summed E-state index contributed by atoms with van der Waals surface area (Å²) >= 11 is 0. The number of aliphatic hydroxyl groups is 1. The van der Waals surface area contributed by atoms with Gasteiger partial charge in [0, 0.05) is 37.8 Å².